The first-order valence-corrected chi connectivity index (χ1v) is 11.7. The molecule has 0 radical (unpaired) electrons. The van der Waals surface area contributed by atoms with Crippen LogP contribution in [0, 0.1) is 0 Å². The number of thiazole rings is 1. The molecule has 32 heavy (non-hydrogen) atoms. The van der Waals surface area contributed by atoms with Gasteiger partial charge < -0.3 is 10.2 Å². The van der Waals surface area contributed by atoms with E-state index in [4.69, 9.17) is 0 Å². The number of piperidine rings is 1. The number of fused-ring (bicyclic) bond motifs is 1. The molecular formula is C23H27N5O3S. The highest BCUT2D eigenvalue weighted by Gasteiger charge is 2.22. The molecule has 168 valence electrons. The minimum Gasteiger partial charge on any atom is -0.348 e. The fourth-order valence-electron chi connectivity index (χ4n) is 4.01. The maximum atomic E-state index is 13.1. The number of nitrogens with one attached hydrogen (secondary N) is 1. The predicted octanol–water partition coefficient (Wildman–Crippen LogP) is 3.00. The number of amides is 1. The van der Waals surface area contributed by atoms with Crippen molar-refractivity contribution in [2.24, 2.45) is 0 Å². The summed E-state index contributed by atoms with van der Waals surface area (Å²) >= 11 is 1.29. The number of carbonyl (C=O) groups excluding carboxylic acids is 1. The highest BCUT2D eigenvalue weighted by atomic mass is 32.1. The second-order valence-electron chi connectivity index (χ2n) is 7.83. The quantitative estimate of drug-likeness (QED) is 0.556. The maximum Gasteiger partial charge on any atom is 0.333 e. The minimum atomic E-state index is -0.558. The van der Waals surface area contributed by atoms with Gasteiger partial charge in [-0.1, -0.05) is 42.5 Å². The smallest absolute Gasteiger partial charge is 0.333 e. The number of anilines is 2. The van der Waals surface area contributed by atoms with Gasteiger partial charge in [0.15, 0.2) is 10.8 Å². The molecule has 2 aromatic heterocycles. The lowest BCUT2D eigenvalue weighted by atomic mass is 10.1. The van der Waals surface area contributed by atoms with Crippen LogP contribution in [0.25, 0.3) is 10.3 Å². The van der Waals surface area contributed by atoms with Gasteiger partial charge in [0.1, 0.15) is 11.2 Å². The third-order valence-electron chi connectivity index (χ3n) is 5.67. The van der Waals surface area contributed by atoms with Crippen molar-refractivity contribution in [3.63, 3.8) is 0 Å². The summed E-state index contributed by atoms with van der Waals surface area (Å²) in [5, 5.41) is 3.62. The summed E-state index contributed by atoms with van der Waals surface area (Å²) in [6.45, 7) is 7.26. The van der Waals surface area contributed by atoms with E-state index in [2.05, 4.69) is 21.8 Å². The van der Waals surface area contributed by atoms with E-state index >= 15 is 0 Å². The summed E-state index contributed by atoms with van der Waals surface area (Å²) in [4.78, 5) is 45.8. The zero-order chi connectivity index (χ0) is 22.7. The summed E-state index contributed by atoms with van der Waals surface area (Å²) < 4.78 is 2.79. The van der Waals surface area contributed by atoms with Crippen LogP contribution in [-0.4, -0.2) is 33.1 Å². The largest absolute Gasteiger partial charge is 0.348 e. The van der Waals surface area contributed by atoms with Crippen molar-refractivity contribution in [2.45, 2.75) is 45.7 Å². The lowest BCUT2D eigenvalue weighted by Crippen LogP contribution is -2.41. The van der Waals surface area contributed by atoms with Crippen molar-refractivity contribution in [3.8, 4) is 0 Å². The van der Waals surface area contributed by atoms with Gasteiger partial charge in [0.25, 0.3) is 5.56 Å². The number of hydrogen-bond donors (Lipinski definition) is 1. The first-order valence-electron chi connectivity index (χ1n) is 10.9. The number of aromatic nitrogens is 3. The molecule has 0 saturated carbocycles. The molecule has 1 aliphatic rings. The Labute approximate surface area is 189 Å². The standard InChI is InChI=1S/C23H27N5O3S/c1-3-12-27-21(30)19-20(25-22(32-19)26-13-8-5-9-14-26)28(23(27)31)15-18(29)24-17-11-7-6-10-16(17)4-2/h3,6-7,10-11H,1,4-5,8-9,12-15H2,2H3,(H,24,29). The van der Waals surface area contributed by atoms with Crippen LogP contribution in [0.1, 0.15) is 31.7 Å². The molecule has 1 N–H and O–H groups in total. The Morgan fingerprint density at radius 3 is 2.66 bits per heavy atom. The predicted molar refractivity (Wildman–Crippen MR) is 129 cm³/mol. The van der Waals surface area contributed by atoms with Gasteiger partial charge in [-0.3, -0.25) is 18.7 Å². The van der Waals surface area contributed by atoms with Crippen molar-refractivity contribution in [1.82, 2.24) is 14.1 Å². The fourth-order valence-corrected chi connectivity index (χ4v) is 5.08. The SMILES string of the molecule is C=CCn1c(=O)c2sc(N3CCCCC3)nc2n(CC(=O)Nc2ccccc2CC)c1=O. The van der Waals surface area contributed by atoms with Gasteiger partial charge in [0.2, 0.25) is 5.91 Å². The van der Waals surface area contributed by atoms with Crippen molar-refractivity contribution < 1.29 is 4.79 Å². The Hall–Kier alpha value is -3.20. The number of carbonyl (C=O) groups is 1. The Morgan fingerprint density at radius 1 is 1.19 bits per heavy atom. The number of benzene rings is 1. The summed E-state index contributed by atoms with van der Waals surface area (Å²) in [5.74, 6) is -0.342. The molecule has 1 fully saturated rings. The van der Waals surface area contributed by atoms with Crippen LogP contribution in [0.4, 0.5) is 10.8 Å². The zero-order valence-electron chi connectivity index (χ0n) is 18.2. The zero-order valence-corrected chi connectivity index (χ0v) is 19.0. The normalized spacial score (nSPS) is 14.0. The molecule has 3 heterocycles. The van der Waals surface area contributed by atoms with Gasteiger partial charge in [-0.15, -0.1) is 6.58 Å². The number of hydrogen-bond acceptors (Lipinski definition) is 6. The molecule has 8 nitrogen and oxygen atoms in total. The van der Waals surface area contributed by atoms with Gasteiger partial charge in [0, 0.05) is 25.3 Å². The first kappa shape index (κ1) is 22.0. The van der Waals surface area contributed by atoms with E-state index in [1.54, 1.807) is 0 Å². The molecule has 4 rings (SSSR count). The Kier molecular flexibility index (Phi) is 6.55. The lowest BCUT2D eigenvalue weighted by molar-refractivity contribution is -0.116. The molecule has 0 aliphatic carbocycles. The molecule has 9 heteroatoms. The molecule has 1 aliphatic heterocycles. The molecule has 3 aromatic rings. The van der Waals surface area contributed by atoms with Crippen LogP contribution >= 0.6 is 11.3 Å². The summed E-state index contributed by atoms with van der Waals surface area (Å²) in [6, 6.07) is 7.57. The van der Waals surface area contributed by atoms with Gasteiger partial charge >= 0.3 is 5.69 Å². The van der Waals surface area contributed by atoms with E-state index in [0.717, 1.165) is 53.3 Å². The van der Waals surface area contributed by atoms with Crippen molar-refractivity contribution in [3.05, 3.63) is 63.3 Å². The fraction of sp³-hybridized carbons (Fsp3) is 0.391. The second kappa shape index (κ2) is 9.52. The van der Waals surface area contributed by atoms with Crippen molar-refractivity contribution in [2.75, 3.05) is 23.3 Å². The maximum absolute atomic E-state index is 13.1. The third-order valence-corrected chi connectivity index (χ3v) is 6.76. The first-order chi connectivity index (χ1) is 15.5. The Balaban J connectivity index is 1.75. The molecule has 0 unspecified atom stereocenters. The average molecular weight is 454 g/mol. The van der Waals surface area contributed by atoms with Crippen LogP contribution in [0.3, 0.4) is 0 Å². The van der Waals surface area contributed by atoms with Crippen molar-refractivity contribution >= 4 is 38.4 Å². The van der Waals surface area contributed by atoms with Crippen LogP contribution in [-0.2, 0) is 24.3 Å². The Bertz CT molecular complexity index is 1270. The monoisotopic (exact) mass is 453 g/mol. The lowest BCUT2D eigenvalue weighted by Gasteiger charge is -2.25. The highest BCUT2D eigenvalue weighted by molar-refractivity contribution is 7.22. The van der Waals surface area contributed by atoms with Gasteiger partial charge in [-0.25, -0.2) is 9.78 Å². The highest BCUT2D eigenvalue weighted by Crippen LogP contribution is 2.28. The second-order valence-corrected chi connectivity index (χ2v) is 8.81. The van der Waals surface area contributed by atoms with E-state index in [-0.39, 0.29) is 24.6 Å². The third kappa shape index (κ3) is 4.25. The van der Waals surface area contributed by atoms with Crippen LogP contribution in [0.15, 0.2) is 46.5 Å². The van der Waals surface area contributed by atoms with Gasteiger partial charge in [-0.05, 0) is 37.3 Å². The van der Waals surface area contributed by atoms with E-state index in [0.29, 0.717) is 4.70 Å². The summed E-state index contributed by atoms with van der Waals surface area (Å²) in [7, 11) is 0. The van der Waals surface area contributed by atoms with Gasteiger partial charge in [-0.2, -0.15) is 0 Å². The van der Waals surface area contributed by atoms with E-state index in [1.165, 1.54) is 28.4 Å². The minimum absolute atomic E-state index is 0.0742. The van der Waals surface area contributed by atoms with Gasteiger partial charge in [0.05, 0.1) is 0 Å². The van der Waals surface area contributed by atoms with Crippen LogP contribution < -0.4 is 21.5 Å². The number of aryl methyl sites for hydroxylation is 1. The van der Waals surface area contributed by atoms with Crippen molar-refractivity contribution in [1.29, 1.82) is 0 Å². The summed E-state index contributed by atoms with van der Waals surface area (Å²) in [5.41, 5.74) is 1.05. The molecule has 0 bridgehead atoms. The summed E-state index contributed by atoms with van der Waals surface area (Å²) in [6.07, 6.45) is 5.60. The number of rotatable bonds is 7. The van der Waals surface area contributed by atoms with Crippen LogP contribution in [0.5, 0.6) is 0 Å². The number of para-hydroxylation sites is 1. The topological polar surface area (TPSA) is 89.2 Å². The molecule has 1 saturated heterocycles. The molecular weight excluding hydrogens is 426 g/mol. The number of nitrogens with zero attached hydrogens (tertiary/aromatic N) is 4. The van der Waals surface area contributed by atoms with E-state index in [9.17, 15) is 14.4 Å². The average Bonchev–Trinajstić information content (AvgIpc) is 3.26. The molecule has 0 atom stereocenters. The molecule has 1 amide bonds. The molecule has 0 spiro atoms. The van der Waals surface area contributed by atoms with Crippen LogP contribution in [0.2, 0.25) is 0 Å². The van der Waals surface area contributed by atoms with E-state index in [1.807, 2.05) is 31.2 Å². The van der Waals surface area contributed by atoms with E-state index < -0.39 is 11.2 Å². The molecule has 1 aromatic carbocycles. The number of allylic oxidation sites excluding steroid dienone is 1. The Morgan fingerprint density at radius 2 is 1.94 bits per heavy atom.